The fraction of sp³-hybridized carbons (Fsp3) is 0.143. The van der Waals surface area contributed by atoms with Crippen molar-refractivity contribution in [2.45, 2.75) is 12.3 Å². The maximum Gasteiger partial charge on any atom is 0.332 e. The number of amides is 2. The lowest BCUT2D eigenvalue weighted by atomic mass is 10.1. The van der Waals surface area contributed by atoms with Gasteiger partial charge in [0.05, 0.1) is 23.7 Å². The van der Waals surface area contributed by atoms with Crippen molar-refractivity contribution in [2.75, 3.05) is 24.9 Å². The average molecular weight is 611 g/mol. The van der Waals surface area contributed by atoms with Gasteiger partial charge in [0.2, 0.25) is 0 Å². The number of hydrogen-bond donors (Lipinski definition) is 4. The van der Waals surface area contributed by atoms with Crippen molar-refractivity contribution in [3.63, 3.8) is 0 Å². The Labute approximate surface area is 241 Å². The lowest BCUT2D eigenvalue weighted by Crippen LogP contribution is -2.13. The number of hydrogen-bond acceptors (Lipinski definition) is 8. The van der Waals surface area contributed by atoms with Gasteiger partial charge >= 0.3 is 15.2 Å². The Morgan fingerprint density at radius 1 is 0.690 bits per heavy atom. The third-order valence-corrected chi connectivity index (χ3v) is 8.68. The van der Waals surface area contributed by atoms with Gasteiger partial charge in [-0.25, -0.2) is 0 Å². The Morgan fingerprint density at radius 2 is 1.10 bits per heavy atom. The van der Waals surface area contributed by atoms with Crippen LogP contribution in [0.4, 0.5) is 11.4 Å². The molecule has 0 saturated heterocycles. The van der Waals surface area contributed by atoms with Gasteiger partial charge in [0.15, 0.2) is 0 Å². The Bertz CT molecular complexity index is 1590. The molecule has 2 aromatic heterocycles. The van der Waals surface area contributed by atoms with Crippen LogP contribution in [0.15, 0.2) is 85.2 Å². The van der Waals surface area contributed by atoms with E-state index in [1.807, 2.05) is 0 Å². The summed E-state index contributed by atoms with van der Waals surface area (Å²) >= 11 is 0. The minimum atomic E-state index is -3.77. The zero-order chi connectivity index (χ0) is 30.3. The van der Waals surface area contributed by atoms with Gasteiger partial charge in [-0.2, -0.15) is 0 Å². The predicted octanol–water partition coefficient (Wildman–Crippen LogP) is 5.31. The summed E-state index contributed by atoms with van der Waals surface area (Å²) < 4.78 is 33.0. The molecule has 4 aromatic rings. The van der Waals surface area contributed by atoms with Gasteiger partial charge in [0.25, 0.3) is 11.8 Å². The molecule has 14 heteroatoms. The van der Waals surface area contributed by atoms with E-state index >= 15 is 0 Å². The number of carbonyl (C=O) groups is 2. The van der Waals surface area contributed by atoms with Gasteiger partial charge in [-0.1, -0.05) is 24.3 Å². The van der Waals surface area contributed by atoms with E-state index in [-0.39, 0.29) is 23.5 Å². The van der Waals surface area contributed by atoms with Gasteiger partial charge < -0.3 is 29.5 Å². The molecule has 4 N–H and O–H groups in total. The van der Waals surface area contributed by atoms with E-state index in [1.54, 1.807) is 48.5 Å². The average Bonchev–Trinajstić information content (AvgIpc) is 2.97. The van der Waals surface area contributed by atoms with Crippen LogP contribution < -0.4 is 10.6 Å². The predicted molar refractivity (Wildman–Crippen MR) is 157 cm³/mol. The number of carbonyl (C=O) groups excluding carboxylic acids is 2. The van der Waals surface area contributed by atoms with Crippen LogP contribution in [0, 0.1) is 0 Å². The summed E-state index contributed by atoms with van der Waals surface area (Å²) in [5.74, 6) is -0.881. The van der Waals surface area contributed by atoms with Crippen LogP contribution in [0.25, 0.3) is 11.4 Å². The fourth-order valence-electron chi connectivity index (χ4n) is 3.92. The first-order chi connectivity index (χ1) is 20.0. The molecule has 2 aromatic carbocycles. The highest BCUT2D eigenvalue weighted by atomic mass is 31.2. The van der Waals surface area contributed by atoms with Crippen molar-refractivity contribution in [2.24, 2.45) is 0 Å². The van der Waals surface area contributed by atoms with Crippen molar-refractivity contribution in [3.05, 3.63) is 107 Å². The standard InChI is InChI=1S/C28H28N4O8P2/c1-39-41(35,36)17-19-5-3-7-23(13-19)31-27(33)21-9-11-29-25(15-21)26-16-22(10-12-30-26)28(34)32-24-8-4-6-20(14-24)18-42(37,38)40-2/h3-16H,17-18H2,1-2H3,(H,31,33)(H,32,34)(H,35,36)(H,37,38). The minimum absolute atomic E-state index is 0.202. The van der Waals surface area contributed by atoms with Crippen LogP contribution >= 0.6 is 15.2 Å². The number of anilines is 2. The third-order valence-electron chi connectivity index (χ3n) is 6.01. The molecule has 0 spiro atoms. The number of aromatic nitrogens is 2. The van der Waals surface area contributed by atoms with Crippen molar-refractivity contribution in [1.29, 1.82) is 0 Å². The molecule has 12 nitrogen and oxygen atoms in total. The van der Waals surface area contributed by atoms with Crippen LogP contribution in [0.2, 0.25) is 0 Å². The van der Waals surface area contributed by atoms with Gasteiger partial charge in [0, 0.05) is 49.1 Å². The quantitative estimate of drug-likeness (QED) is 0.163. The highest BCUT2D eigenvalue weighted by Crippen LogP contribution is 2.45. The molecule has 2 unspecified atom stereocenters. The summed E-state index contributed by atoms with van der Waals surface area (Å²) in [4.78, 5) is 54.0. The molecular formula is C28H28N4O8P2. The van der Waals surface area contributed by atoms with E-state index in [1.165, 1.54) is 36.7 Å². The number of pyridine rings is 2. The molecule has 2 heterocycles. The second kappa shape index (κ2) is 13.3. The van der Waals surface area contributed by atoms with Crippen molar-refractivity contribution in [1.82, 2.24) is 9.97 Å². The normalized spacial score (nSPS) is 13.9. The van der Waals surface area contributed by atoms with Crippen LogP contribution in [0.5, 0.6) is 0 Å². The molecule has 218 valence electrons. The van der Waals surface area contributed by atoms with Gasteiger partial charge in [-0.15, -0.1) is 0 Å². The van der Waals surface area contributed by atoms with E-state index in [0.29, 0.717) is 33.9 Å². The maximum atomic E-state index is 13.0. The highest BCUT2D eigenvalue weighted by molar-refractivity contribution is 7.52. The maximum absolute atomic E-state index is 13.0. The Kier molecular flexibility index (Phi) is 9.80. The van der Waals surface area contributed by atoms with E-state index in [9.17, 15) is 28.5 Å². The monoisotopic (exact) mass is 610 g/mol. The minimum Gasteiger partial charge on any atom is -0.324 e. The molecule has 0 aliphatic carbocycles. The second-order valence-corrected chi connectivity index (χ2v) is 13.0. The molecule has 0 bridgehead atoms. The lowest BCUT2D eigenvalue weighted by Gasteiger charge is -2.11. The zero-order valence-corrected chi connectivity index (χ0v) is 24.4. The van der Waals surface area contributed by atoms with Crippen LogP contribution in [0.1, 0.15) is 31.8 Å². The molecule has 0 aliphatic heterocycles. The number of rotatable bonds is 11. The summed E-state index contributed by atoms with van der Waals surface area (Å²) in [6.07, 6.45) is 2.49. The largest absolute Gasteiger partial charge is 0.332 e. The molecule has 0 aliphatic rings. The number of nitrogens with one attached hydrogen (secondary N) is 2. The zero-order valence-electron chi connectivity index (χ0n) is 22.6. The molecule has 2 atom stereocenters. The molecular weight excluding hydrogens is 582 g/mol. The molecule has 4 rings (SSSR count). The first kappa shape index (κ1) is 30.9. The molecule has 0 radical (unpaired) electrons. The number of benzene rings is 2. The van der Waals surface area contributed by atoms with E-state index in [2.05, 4.69) is 29.6 Å². The first-order valence-corrected chi connectivity index (χ1v) is 16.0. The van der Waals surface area contributed by atoms with Gasteiger partial charge in [-0.05, 0) is 59.7 Å². The number of nitrogens with zero attached hydrogens (tertiary/aromatic N) is 2. The Balaban J connectivity index is 1.48. The summed E-state index contributed by atoms with van der Waals surface area (Å²) in [5.41, 5.74) is 3.16. The van der Waals surface area contributed by atoms with Crippen LogP contribution in [-0.2, 0) is 30.5 Å². The van der Waals surface area contributed by atoms with Gasteiger partial charge in [0.1, 0.15) is 0 Å². The van der Waals surface area contributed by atoms with Crippen LogP contribution in [-0.4, -0.2) is 45.8 Å². The lowest BCUT2D eigenvalue weighted by molar-refractivity contribution is 0.101. The highest BCUT2D eigenvalue weighted by Gasteiger charge is 2.19. The molecule has 2 amide bonds. The molecule has 0 fully saturated rings. The van der Waals surface area contributed by atoms with E-state index < -0.39 is 27.0 Å². The van der Waals surface area contributed by atoms with Crippen molar-refractivity contribution >= 4 is 38.4 Å². The SMILES string of the molecule is COP(=O)(O)Cc1cccc(NC(=O)c2ccnc(-c3cc(C(=O)Nc4cccc(CP(=O)(O)OC)c4)ccn3)c2)c1. The molecule has 0 saturated carbocycles. The third kappa shape index (κ3) is 8.50. The second-order valence-electron chi connectivity index (χ2n) is 9.12. The smallest absolute Gasteiger partial charge is 0.324 e. The van der Waals surface area contributed by atoms with Gasteiger partial charge in [-0.3, -0.25) is 28.7 Å². The van der Waals surface area contributed by atoms with Crippen LogP contribution in [0.3, 0.4) is 0 Å². The van der Waals surface area contributed by atoms with Crippen molar-refractivity contribution < 1.29 is 37.6 Å². The summed E-state index contributed by atoms with van der Waals surface area (Å²) in [5, 5.41) is 5.51. The van der Waals surface area contributed by atoms with Crippen molar-refractivity contribution in [3.8, 4) is 11.4 Å². The molecule has 42 heavy (non-hydrogen) atoms. The Morgan fingerprint density at radius 3 is 1.48 bits per heavy atom. The topological polar surface area (TPSA) is 177 Å². The summed E-state index contributed by atoms with van der Waals surface area (Å²) in [6.45, 7) is 0. The first-order valence-electron chi connectivity index (χ1n) is 12.4. The summed E-state index contributed by atoms with van der Waals surface area (Å²) in [6, 6.07) is 19.2. The Hall–Kier alpha value is -4.02. The summed E-state index contributed by atoms with van der Waals surface area (Å²) in [7, 11) is -5.22. The fourth-order valence-corrected chi connectivity index (χ4v) is 5.49. The van der Waals surface area contributed by atoms with E-state index in [0.717, 1.165) is 14.2 Å². The van der Waals surface area contributed by atoms with E-state index in [4.69, 9.17) is 0 Å².